The van der Waals surface area contributed by atoms with Gasteiger partial charge in [-0.1, -0.05) is 63.4 Å². The third-order valence-corrected chi connectivity index (χ3v) is 8.48. The standard InChI is InChI=1S/C31H29BrCl2F3N3O2/c32-22-8-6-20(7-9-22)28-25(26-18-24(42-31(35,36)37)10-11-27(26)39-28)5-2-14-40-15-12-19(13-16-40)21-3-1-4-23(17-21)38-30(41)29(33)34/h1,3-4,6-11,17-19,29,39H,2,5,12-16H2,(H,38,41). The van der Waals surface area contributed by atoms with Crippen molar-refractivity contribution in [2.75, 3.05) is 25.0 Å². The highest BCUT2D eigenvalue weighted by Gasteiger charge is 2.31. The fourth-order valence-corrected chi connectivity index (χ4v) is 5.96. The minimum absolute atomic E-state index is 0.228. The Bertz CT molecular complexity index is 1530. The van der Waals surface area contributed by atoms with E-state index in [2.05, 4.69) is 41.9 Å². The number of benzene rings is 3. The Morgan fingerprint density at radius 3 is 2.50 bits per heavy atom. The highest BCUT2D eigenvalue weighted by Crippen LogP contribution is 2.36. The number of halogens is 6. The number of piperidine rings is 1. The highest BCUT2D eigenvalue weighted by molar-refractivity contribution is 9.10. The van der Waals surface area contributed by atoms with Gasteiger partial charge in [0.1, 0.15) is 5.75 Å². The fraction of sp³-hybridized carbons (Fsp3) is 0.323. The second kappa shape index (κ2) is 13.3. The molecule has 1 fully saturated rings. The van der Waals surface area contributed by atoms with Crippen LogP contribution in [0.4, 0.5) is 18.9 Å². The van der Waals surface area contributed by atoms with Crippen molar-refractivity contribution in [1.29, 1.82) is 0 Å². The number of aryl methyl sites for hydroxylation is 1. The third kappa shape index (κ3) is 7.81. The minimum atomic E-state index is -4.75. The Hall–Kier alpha value is -2.72. The van der Waals surface area contributed by atoms with Crippen molar-refractivity contribution < 1.29 is 22.7 Å². The number of carbonyl (C=O) groups excluding carboxylic acids is 1. The number of hydrogen-bond donors (Lipinski definition) is 2. The van der Waals surface area contributed by atoms with Gasteiger partial charge in [0.2, 0.25) is 0 Å². The molecule has 0 saturated carbocycles. The van der Waals surface area contributed by atoms with E-state index in [1.807, 2.05) is 42.5 Å². The first-order chi connectivity index (χ1) is 20.1. The Balaban J connectivity index is 1.25. The van der Waals surface area contributed by atoms with E-state index in [0.717, 1.165) is 71.1 Å². The molecule has 0 spiro atoms. The van der Waals surface area contributed by atoms with E-state index in [-0.39, 0.29) is 5.75 Å². The summed E-state index contributed by atoms with van der Waals surface area (Å²) >= 11 is 14.8. The summed E-state index contributed by atoms with van der Waals surface area (Å²) in [6, 6.07) is 20.1. The summed E-state index contributed by atoms with van der Waals surface area (Å²) in [5.74, 6) is -0.299. The topological polar surface area (TPSA) is 57.4 Å². The maximum absolute atomic E-state index is 12.9. The maximum Gasteiger partial charge on any atom is 0.573 e. The van der Waals surface area contributed by atoms with Gasteiger partial charge in [0.05, 0.1) is 0 Å². The molecule has 3 aromatic carbocycles. The molecule has 42 heavy (non-hydrogen) atoms. The number of amides is 1. The van der Waals surface area contributed by atoms with E-state index < -0.39 is 17.1 Å². The molecular weight excluding hydrogens is 654 g/mol. The molecule has 1 aliphatic heterocycles. The number of nitrogens with one attached hydrogen (secondary N) is 2. The van der Waals surface area contributed by atoms with Gasteiger partial charge in [0.25, 0.3) is 5.91 Å². The van der Waals surface area contributed by atoms with Crippen LogP contribution in [-0.4, -0.2) is 46.6 Å². The number of H-pyrrole nitrogens is 1. The molecule has 1 aromatic heterocycles. The monoisotopic (exact) mass is 681 g/mol. The van der Waals surface area contributed by atoms with Crippen LogP contribution < -0.4 is 10.1 Å². The lowest BCUT2D eigenvalue weighted by Gasteiger charge is -2.32. The molecule has 2 heterocycles. The molecule has 1 saturated heterocycles. The Labute approximate surface area is 260 Å². The number of fused-ring (bicyclic) bond motifs is 1. The Morgan fingerprint density at radius 2 is 1.81 bits per heavy atom. The van der Waals surface area contributed by atoms with Crippen LogP contribution in [0.2, 0.25) is 0 Å². The van der Waals surface area contributed by atoms with Gasteiger partial charge in [-0.15, -0.1) is 13.2 Å². The van der Waals surface area contributed by atoms with Crippen molar-refractivity contribution >= 4 is 61.6 Å². The summed E-state index contributed by atoms with van der Waals surface area (Å²) in [6.45, 7) is 2.74. The van der Waals surface area contributed by atoms with E-state index in [0.29, 0.717) is 18.0 Å². The summed E-state index contributed by atoms with van der Waals surface area (Å²) in [5.41, 5.74) is 5.46. The highest BCUT2D eigenvalue weighted by atomic mass is 79.9. The van der Waals surface area contributed by atoms with Crippen molar-refractivity contribution in [2.24, 2.45) is 0 Å². The molecule has 0 radical (unpaired) electrons. The lowest BCUT2D eigenvalue weighted by Crippen LogP contribution is -2.33. The van der Waals surface area contributed by atoms with Crippen molar-refractivity contribution in [3.63, 3.8) is 0 Å². The van der Waals surface area contributed by atoms with Gasteiger partial charge in [-0.3, -0.25) is 4.79 Å². The summed E-state index contributed by atoms with van der Waals surface area (Å²) in [6.07, 6.45) is -1.23. The van der Waals surface area contributed by atoms with Crippen LogP contribution in [0.5, 0.6) is 5.75 Å². The van der Waals surface area contributed by atoms with Crippen LogP contribution >= 0.6 is 39.1 Å². The van der Waals surface area contributed by atoms with Crippen molar-refractivity contribution in [3.05, 3.63) is 82.3 Å². The normalized spacial score (nSPS) is 14.9. The summed E-state index contributed by atoms with van der Waals surface area (Å²) < 4.78 is 43.9. The number of rotatable bonds is 9. The molecule has 0 bridgehead atoms. The van der Waals surface area contributed by atoms with Crippen LogP contribution in [0, 0.1) is 0 Å². The van der Waals surface area contributed by atoms with Gasteiger partial charge in [-0.2, -0.15) is 0 Å². The van der Waals surface area contributed by atoms with Gasteiger partial charge in [-0.25, -0.2) is 0 Å². The summed E-state index contributed by atoms with van der Waals surface area (Å²) in [4.78, 5) is 16.6. The molecule has 5 rings (SSSR count). The van der Waals surface area contributed by atoms with Crippen molar-refractivity contribution in [2.45, 2.75) is 42.8 Å². The first-order valence-corrected chi connectivity index (χ1v) is 15.3. The van der Waals surface area contributed by atoms with Crippen LogP contribution in [0.25, 0.3) is 22.2 Å². The van der Waals surface area contributed by atoms with Gasteiger partial charge in [0, 0.05) is 26.8 Å². The van der Waals surface area contributed by atoms with Crippen LogP contribution in [0.15, 0.2) is 71.2 Å². The van der Waals surface area contributed by atoms with Gasteiger partial charge in [-0.05, 0) is 110 Å². The van der Waals surface area contributed by atoms with Gasteiger partial charge in [0.15, 0.2) is 4.84 Å². The predicted molar refractivity (Wildman–Crippen MR) is 165 cm³/mol. The zero-order chi connectivity index (χ0) is 29.9. The molecule has 0 aliphatic carbocycles. The molecule has 1 aliphatic rings. The zero-order valence-corrected chi connectivity index (χ0v) is 25.6. The molecule has 5 nitrogen and oxygen atoms in total. The van der Waals surface area contributed by atoms with Crippen LogP contribution in [0.1, 0.15) is 36.3 Å². The molecule has 0 atom stereocenters. The Morgan fingerprint density at radius 1 is 1.07 bits per heavy atom. The molecule has 4 aromatic rings. The second-order valence-electron chi connectivity index (χ2n) is 10.4. The van der Waals surface area contributed by atoms with E-state index in [9.17, 15) is 18.0 Å². The number of nitrogens with zero attached hydrogens (tertiary/aromatic N) is 1. The van der Waals surface area contributed by atoms with Gasteiger partial charge < -0.3 is 19.9 Å². The number of likely N-dealkylation sites (tertiary alicyclic amines) is 1. The maximum atomic E-state index is 12.9. The lowest BCUT2D eigenvalue weighted by atomic mass is 9.89. The molecule has 2 N–H and O–H groups in total. The average molecular weight is 683 g/mol. The summed E-state index contributed by atoms with van der Waals surface area (Å²) in [7, 11) is 0. The lowest BCUT2D eigenvalue weighted by molar-refractivity contribution is -0.274. The smallest absolute Gasteiger partial charge is 0.406 e. The number of hydrogen-bond acceptors (Lipinski definition) is 3. The number of anilines is 1. The van der Waals surface area contributed by atoms with Crippen molar-refractivity contribution in [1.82, 2.24) is 9.88 Å². The SMILES string of the molecule is O=C(Nc1cccc(C2CCN(CCCc3c(-c4ccc(Br)cc4)[nH]c4ccc(OC(F)(F)F)cc34)CC2)c1)C(Cl)Cl. The van der Waals surface area contributed by atoms with Crippen LogP contribution in [0.3, 0.4) is 0 Å². The largest absolute Gasteiger partial charge is 0.573 e. The molecule has 1 amide bonds. The molecular formula is C31H29BrCl2F3N3O2. The number of carbonyl (C=O) groups is 1. The predicted octanol–water partition coefficient (Wildman–Crippen LogP) is 9.05. The van der Waals surface area contributed by atoms with Crippen LogP contribution in [-0.2, 0) is 11.2 Å². The molecule has 0 unspecified atom stereocenters. The fourth-order valence-electron chi connectivity index (χ4n) is 5.58. The number of ether oxygens (including phenoxy) is 1. The molecule has 222 valence electrons. The number of aromatic amines is 1. The van der Waals surface area contributed by atoms with E-state index in [1.54, 1.807) is 6.07 Å². The first-order valence-electron chi connectivity index (χ1n) is 13.6. The van der Waals surface area contributed by atoms with E-state index in [1.165, 1.54) is 17.7 Å². The average Bonchev–Trinajstić information content (AvgIpc) is 3.30. The minimum Gasteiger partial charge on any atom is -0.406 e. The van der Waals surface area contributed by atoms with Gasteiger partial charge >= 0.3 is 6.36 Å². The second-order valence-corrected chi connectivity index (χ2v) is 12.4. The number of aromatic nitrogens is 1. The first kappa shape index (κ1) is 30.7. The number of alkyl halides is 5. The van der Waals surface area contributed by atoms with E-state index in [4.69, 9.17) is 23.2 Å². The third-order valence-electron chi connectivity index (χ3n) is 7.56. The molecule has 11 heteroatoms. The summed E-state index contributed by atoms with van der Waals surface area (Å²) in [5, 5.41) is 3.47. The quantitative estimate of drug-likeness (QED) is 0.173. The Kier molecular flexibility index (Phi) is 9.72. The van der Waals surface area contributed by atoms with Crippen molar-refractivity contribution in [3.8, 4) is 17.0 Å². The van der Waals surface area contributed by atoms with E-state index >= 15 is 0 Å². The zero-order valence-electron chi connectivity index (χ0n) is 22.5.